The first-order chi connectivity index (χ1) is 11.6. The van der Waals surface area contributed by atoms with Gasteiger partial charge in [-0.2, -0.15) is 0 Å². The van der Waals surface area contributed by atoms with E-state index in [1.165, 1.54) is 0 Å². The summed E-state index contributed by atoms with van der Waals surface area (Å²) < 4.78 is 9.31. The van der Waals surface area contributed by atoms with Crippen LogP contribution in [0.5, 0.6) is 0 Å². The average Bonchev–Trinajstić information content (AvgIpc) is 3.05. The summed E-state index contributed by atoms with van der Waals surface area (Å²) in [5, 5.41) is 15.0. The highest BCUT2D eigenvalue weighted by atomic mass is 35.5. The van der Waals surface area contributed by atoms with Gasteiger partial charge < -0.3 is 9.84 Å². The number of aliphatic hydroxyl groups is 1. The Morgan fingerprint density at radius 3 is 2.08 bits per heavy atom. The molecule has 0 saturated heterocycles. The number of rotatable bonds is 5. The number of carbonyl (C=O) groups is 1. The molecule has 0 fully saturated rings. The van der Waals surface area contributed by atoms with Crippen LogP contribution in [0.15, 0.2) is 60.7 Å². The van der Waals surface area contributed by atoms with Crippen molar-refractivity contribution in [1.29, 1.82) is 0 Å². The zero-order valence-corrected chi connectivity index (χ0v) is 14.0. The molecular formula is C17H13ClN2O3S. The van der Waals surface area contributed by atoms with Crippen molar-refractivity contribution in [2.45, 2.75) is 12.2 Å². The zero-order valence-electron chi connectivity index (χ0n) is 12.4. The SMILES string of the molecule is O=C(OCc1nnsc1Cl)C(O)(c1ccccc1)c1ccccc1. The van der Waals surface area contributed by atoms with Gasteiger partial charge in [-0.25, -0.2) is 4.79 Å². The Balaban J connectivity index is 1.93. The molecule has 2 aromatic carbocycles. The van der Waals surface area contributed by atoms with E-state index in [0.29, 0.717) is 21.2 Å². The molecule has 5 nitrogen and oxygen atoms in total. The lowest BCUT2D eigenvalue weighted by molar-refractivity contribution is -0.163. The highest BCUT2D eigenvalue weighted by Gasteiger charge is 2.41. The fraction of sp³-hybridized carbons (Fsp3) is 0.118. The van der Waals surface area contributed by atoms with E-state index < -0.39 is 11.6 Å². The van der Waals surface area contributed by atoms with Gasteiger partial charge in [0.25, 0.3) is 0 Å². The minimum atomic E-state index is -1.92. The molecule has 1 N–H and O–H groups in total. The molecule has 0 aliphatic heterocycles. The number of hydrogen-bond acceptors (Lipinski definition) is 6. The number of halogens is 1. The summed E-state index contributed by atoms with van der Waals surface area (Å²) in [6, 6.07) is 17.3. The second-order valence-corrected chi connectivity index (χ2v) is 6.37. The highest BCUT2D eigenvalue weighted by molar-refractivity contribution is 7.10. The van der Waals surface area contributed by atoms with Crippen molar-refractivity contribution in [3.63, 3.8) is 0 Å². The lowest BCUT2D eigenvalue weighted by atomic mass is 9.86. The molecule has 0 atom stereocenters. The van der Waals surface area contributed by atoms with Crippen LogP contribution in [0.4, 0.5) is 0 Å². The summed E-state index contributed by atoms with van der Waals surface area (Å²) in [6.07, 6.45) is 0. The van der Waals surface area contributed by atoms with Crippen molar-refractivity contribution in [1.82, 2.24) is 9.59 Å². The molecule has 0 aliphatic carbocycles. The molecule has 24 heavy (non-hydrogen) atoms. The van der Waals surface area contributed by atoms with Gasteiger partial charge in [0.05, 0.1) is 0 Å². The van der Waals surface area contributed by atoms with Gasteiger partial charge in [-0.15, -0.1) is 5.10 Å². The molecule has 0 radical (unpaired) electrons. The summed E-state index contributed by atoms with van der Waals surface area (Å²) in [5.41, 5.74) is -0.718. The smallest absolute Gasteiger partial charge is 0.348 e. The molecule has 0 bridgehead atoms. The van der Waals surface area contributed by atoms with Gasteiger partial charge in [0.1, 0.15) is 16.6 Å². The Labute approximate surface area is 147 Å². The van der Waals surface area contributed by atoms with Crippen molar-refractivity contribution in [3.05, 3.63) is 81.8 Å². The van der Waals surface area contributed by atoms with Gasteiger partial charge in [0.2, 0.25) is 5.60 Å². The van der Waals surface area contributed by atoms with E-state index in [1.54, 1.807) is 60.7 Å². The Bertz CT molecular complexity index is 785. The Morgan fingerprint density at radius 1 is 1.08 bits per heavy atom. The molecular weight excluding hydrogens is 348 g/mol. The number of hydrogen-bond donors (Lipinski definition) is 1. The minimum absolute atomic E-state index is 0.157. The molecule has 7 heteroatoms. The molecule has 1 heterocycles. The van der Waals surface area contributed by atoms with Crippen LogP contribution in [-0.4, -0.2) is 20.7 Å². The number of ether oxygens (including phenoxy) is 1. The number of benzene rings is 2. The van der Waals surface area contributed by atoms with E-state index in [4.69, 9.17) is 16.3 Å². The topological polar surface area (TPSA) is 72.3 Å². The third kappa shape index (κ3) is 3.17. The molecule has 122 valence electrons. The fourth-order valence-electron chi connectivity index (χ4n) is 2.28. The first-order valence-electron chi connectivity index (χ1n) is 7.09. The number of esters is 1. The first-order valence-corrected chi connectivity index (χ1v) is 8.25. The van der Waals surface area contributed by atoms with Gasteiger partial charge in [-0.3, -0.25) is 0 Å². The third-order valence-corrected chi connectivity index (χ3v) is 4.51. The van der Waals surface area contributed by atoms with E-state index in [9.17, 15) is 9.90 Å². The van der Waals surface area contributed by atoms with Crippen molar-refractivity contribution in [2.75, 3.05) is 0 Å². The number of nitrogens with zero attached hydrogens (tertiary/aromatic N) is 2. The molecule has 1 aromatic heterocycles. The number of carbonyl (C=O) groups excluding carboxylic acids is 1. The van der Waals surface area contributed by atoms with Crippen LogP contribution in [0.2, 0.25) is 4.34 Å². The summed E-state index contributed by atoms with van der Waals surface area (Å²) in [6.45, 7) is -0.157. The maximum absolute atomic E-state index is 12.7. The fourth-order valence-corrected chi connectivity index (χ4v) is 2.88. The molecule has 0 spiro atoms. The quantitative estimate of drug-likeness (QED) is 0.707. The standard InChI is InChI=1S/C17H13ClN2O3S/c18-15-14(19-20-24-15)11-23-16(21)17(22,12-7-3-1-4-8-12)13-9-5-2-6-10-13/h1-10,22H,11H2. The second kappa shape index (κ2) is 7.09. The Kier molecular flexibility index (Phi) is 4.89. The highest BCUT2D eigenvalue weighted by Crippen LogP contribution is 2.31. The number of aromatic nitrogens is 2. The molecule has 0 aliphatic rings. The second-order valence-electron chi connectivity index (χ2n) is 5.01. The molecule has 0 saturated carbocycles. The van der Waals surface area contributed by atoms with Crippen molar-refractivity contribution in [3.8, 4) is 0 Å². The van der Waals surface area contributed by atoms with E-state index in [0.717, 1.165) is 11.5 Å². The van der Waals surface area contributed by atoms with Crippen molar-refractivity contribution >= 4 is 29.1 Å². The van der Waals surface area contributed by atoms with Gasteiger partial charge >= 0.3 is 5.97 Å². The van der Waals surface area contributed by atoms with Crippen molar-refractivity contribution in [2.24, 2.45) is 0 Å². The van der Waals surface area contributed by atoms with Crippen LogP contribution in [0.25, 0.3) is 0 Å². The summed E-state index contributed by atoms with van der Waals surface area (Å²) >= 11 is 6.92. The summed E-state index contributed by atoms with van der Waals surface area (Å²) in [5.74, 6) is -0.802. The van der Waals surface area contributed by atoms with Crippen LogP contribution in [0.1, 0.15) is 16.8 Å². The molecule has 0 amide bonds. The minimum Gasteiger partial charge on any atom is -0.456 e. The average molecular weight is 361 g/mol. The van der Waals surface area contributed by atoms with Gasteiger partial charge in [-0.1, -0.05) is 76.8 Å². The van der Waals surface area contributed by atoms with Crippen LogP contribution >= 0.6 is 23.1 Å². The molecule has 3 rings (SSSR count). The van der Waals surface area contributed by atoms with E-state index in [1.807, 2.05) is 0 Å². The monoisotopic (exact) mass is 360 g/mol. The van der Waals surface area contributed by atoms with Crippen LogP contribution in [0, 0.1) is 0 Å². The predicted molar refractivity (Wildman–Crippen MR) is 90.6 cm³/mol. The van der Waals surface area contributed by atoms with E-state index in [2.05, 4.69) is 9.59 Å². The largest absolute Gasteiger partial charge is 0.456 e. The summed E-state index contributed by atoms with van der Waals surface area (Å²) in [4.78, 5) is 12.7. The molecule has 3 aromatic rings. The van der Waals surface area contributed by atoms with E-state index >= 15 is 0 Å². The van der Waals surface area contributed by atoms with E-state index in [-0.39, 0.29) is 6.61 Å². The maximum atomic E-state index is 12.7. The normalized spacial score (nSPS) is 11.2. The maximum Gasteiger partial charge on any atom is 0.348 e. The third-order valence-electron chi connectivity index (χ3n) is 3.53. The zero-order chi connectivity index (χ0) is 17.0. The lowest BCUT2D eigenvalue weighted by Gasteiger charge is -2.26. The van der Waals surface area contributed by atoms with Crippen LogP contribution < -0.4 is 0 Å². The van der Waals surface area contributed by atoms with Gasteiger partial charge in [0.15, 0.2) is 0 Å². The van der Waals surface area contributed by atoms with Gasteiger partial charge in [-0.05, 0) is 11.1 Å². The van der Waals surface area contributed by atoms with Crippen molar-refractivity contribution < 1.29 is 14.6 Å². The lowest BCUT2D eigenvalue weighted by Crippen LogP contribution is -2.38. The van der Waals surface area contributed by atoms with Crippen LogP contribution in [0.3, 0.4) is 0 Å². The Morgan fingerprint density at radius 2 is 1.62 bits per heavy atom. The van der Waals surface area contributed by atoms with Gasteiger partial charge in [0, 0.05) is 11.5 Å². The first kappa shape index (κ1) is 16.6. The molecule has 0 unspecified atom stereocenters. The van der Waals surface area contributed by atoms with Crippen LogP contribution in [-0.2, 0) is 21.7 Å². The Hall–Kier alpha value is -2.28. The summed E-state index contributed by atoms with van der Waals surface area (Å²) in [7, 11) is 0. The predicted octanol–water partition coefficient (Wildman–Crippen LogP) is 3.17.